The smallest absolute Gasteiger partial charge is 0.266 e. The van der Waals surface area contributed by atoms with Gasteiger partial charge in [0, 0.05) is 5.69 Å². The Bertz CT molecular complexity index is 984. The predicted octanol–water partition coefficient (Wildman–Crippen LogP) is 3.29. The predicted molar refractivity (Wildman–Crippen MR) is 106 cm³/mol. The van der Waals surface area contributed by atoms with Crippen molar-refractivity contribution in [1.82, 2.24) is 0 Å². The van der Waals surface area contributed by atoms with Crippen LogP contribution < -0.4 is 20.5 Å². The number of nitriles is 1. The molecule has 29 heavy (non-hydrogen) atoms. The molecule has 0 spiro atoms. The molecule has 0 aromatic heterocycles. The van der Waals surface area contributed by atoms with E-state index in [9.17, 15) is 19.2 Å². The summed E-state index contributed by atoms with van der Waals surface area (Å²) in [5, 5.41) is 12.0. The Morgan fingerprint density at radius 2 is 1.97 bits per heavy atom. The molecule has 0 atom stereocenters. The first-order valence-electron chi connectivity index (χ1n) is 8.40. The zero-order valence-electron chi connectivity index (χ0n) is 15.4. The van der Waals surface area contributed by atoms with Crippen LogP contribution in [0.3, 0.4) is 0 Å². The molecule has 0 aliphatic carbocycles. The molecule has 3 N–H and O–H groups in total. The number of nitrogens with two attached hydrogens (primary N) is 1. The van der Waals surface area contributed by atoms with Crippen molar-refractivity contribution in [2.75, 3.05) is 18.5 Å². The quantitative estimate of drug-likeness (QED) is 0.505. The van der Waals surface area contributed by atoms with Crippen molar-refractivity contribution in [3.63, 3.8) is 0 Å². The second-order valence-corrected chi connectivity index (χ2v) is 6.06. The summed E-state index contributed by atoms with van der Waals surface area (Å²) in [6.07, 6.45) is 1.31. The summed E-state index contributed by atoms with van der Waals surface area (Å²) in [6, 6.07) is 9.88. The molecule has 0 radical (unpaired) electrons. The van der Waals surface area contributed by atoms with Crippen LogP contribution in [0.15, 0.2) is 42.0 Å². The van der Waals surface area contributed by atoms with Gasteiger partial charge in [0.15, 0.2) is 18.1 Å². The lowest BCUT2D eigenvalue weighted by atomic mass is 10.1. The number of hydrogen-bond acceptors (Lipinski definition) is 5. The maximum Gasteiger partial charge on any atom is 0.266 e. The summed E-state index contributed by atoms with van der Waals surface area (Å²) in [7, 11) is 0. The van der Waals surface area contributed by atoms with Crippen LogP contribution in [-0.2, 0) is 9.59 Å². The number of primary amides is 1. The summed E-state index contributed by atoms with van der Waals surface area (Å²) < 4.78 is 23.7. The molecule has 7 nitrogen and oxygen atoms in total. The van der Waals surface area contributed by atoms with E-state index < -0.39 is 24.2 Å². The normalized spacial score (nSPS) is 10.8. The highest BCUT2D eigenvalue weighted by Crippen LogP contribution is 2.37. The Morgan fingerprint density at radius 1 is 1.28 bits per heavy atom. The van der Waals surface area contributed by atoms with Crippen LogP contribution >= 0.6 is 11.6 Å². The fourth-order valence-corrected chi connectivity index (χ4v) is 2.54. The summed E-state index contributed by atoms with van der Waals surface area (Å²) in [4.78, 5) is 23.3. The number of nitrogens with zero attached hydrogens (tertiary/aromatic N) is 1. The minimum Gasteiger partial charge on any atom is -0.490 e. The summed E-state index contributed by atoms with van der Waals surface area (Å²) >= 11 is 6.20. The molecular weight excluding hydrogens is 401 g/mol. The Morgan fingerprint density at radius 3 is 2.55 bits per heavy atom. The molecule has 2 rings (SSSR count). The van der Waals surface area contributed by atoms with Gasteiger partial charge in [0.25, 0.3) is 11.8 Å². The van der Waals surface area contributed by atoms with Crippen molar-refractivity contribution in [1.29, 1.82) is 5.26 Å². The Hall–Kier alpha value is -3.57. The summed E-state index contributed by atoms with van der Waals surface area (Å²) in [6.45, 7) is 1.64. The van der Waals surface area contributed by atoms with Gasteiger partial charge in [-0.25, -0.2) is 4.39 Å². The molecule has 0 aliphatic heterocycles. The minimum atomic E-state index is -0.684. The van der Waals surface area contributed by atoms with Gasteiger partial charge in [-0.2, -0.15) is 5.26 Å². The van der Waals surface area contributed by atoms with Crippen molar-refractivity contribution < 1.29 is 23.5 Å². The summed E-state index contributed by atoms with van der Waals surface area (Å²) in [5.41, 5.74) is 5.60. The van der Waals surface area contributed by atoms with Crippen LogP contribution in [0.5, 0.6) is 11.5 Å². The Kier molecular flexibility index (Phi) is 7.57. The lowest BCUT2D eigenvalue weighted by Gasteiger charge is -2.13. The number of amides is 2. The number of carbonyl (C=O) groups excluding carboxylic acids is 2. The van der Waals surface area contributed by atoms with Crippen molar-refractivity contribution in [3.05, 3.63) is 58.4 Å². The maximum atomic E-state index is 13.0. The molecule has 0 aliphatic rings. The van der Waals surface area contributed by atoms with E-state index in [0.29, 0.717) is 11.3 Å². The maximum absolute atomic E-state index is 13.0. The zero-order chi connectivity index (χ0) is 21.4. The number of hydrogen-bond donors (Lipinski definition) is 2. The van der Waals surface area contributed by atoms with Gasteiger partial charge in [-0.1, -0.05) is 11.6 Å². The van der Waals surface area contributed by atoms with E-state index in [4.69, 9.17) is 26.8 Å². The van der Waals surface area contributed by atoms with E-state index in [2.05, 4.69) is 5.32 Å². The first-order chi connectivity index (χ1) is 13.8. The first-order valence-corrected chi connectivity index (χ1v) is 8.78. The van der Waals surface area contributed by atoms with Gasteiger partial charge in [-0.05, 0) is 55.0 Å². The first kappa shape index (κ1) is 21.7. The molecule has 2 amide bonds. The number of halogens is 2. The fraction of sp³-hybridized carbons (Fsp3) is 0.150. The highest BCUT2D eigenvalue weighted by Gasteiger charge is 2.15. The van der Waals surface area contributed by atoms with Crippen molar-refractivity contribution in [2.45, 2.75) is 6.92 Å². The van der Waals surface area contributed by atoms with Gasteiger partial charge < -0.3 is 20.5 Å². The van der Waals surface area contributed by atoms with Gasteiger partial charge in [0.05, 0.1) is 11.6 Å². The molecule has 0 fully saturated rings. The van der Waals surface area contributed by atoms with Gasteiger partial charge in [0.2, 0.25) is 0 Å². The monoisotopic (exact) mass is 417 g/mol. The summed E-state index contributed by atoms with van der Waals surface area (Å²) in [5.74, 6) is -1.46. The van der Waals surface area contributed by atoms with Gasteiger partial charge >= 0.3 is 0 Å². The molecule has 9 heteroatoms. The lowest BCUT2D eigenvalue weighted by molar-refractivity contribution is -0.120. The van der Waals surface area contributed by atoms with Crippen LogP contribution in [0, 0.1) is 17.1 Å². The fourth-order valence-electron chi connectivity index (χ4n) is 2.26. The zero-order valence-corrected chi connectivity index (χ0v) is 16.1. The van der Waals surface area contributed by atoms with Gasteiger partial charge in [-0.3, -0.25) is 9.59 Å². The topological polar surface area (TPSA) is 114 Å². The molecule has 2 aromatic carbocycles. The second kappa shape index (κ2) is 10.1. The SMILES string of the molecule is CCOc1cc(/C=C(\C#N)C(=O)Nc2ccc(F)cc2)cc(Cl)c1OCC(N)=O. The van der Waals surface area contributed by atoms with E-state index in [-0.39, 0.29) is 28.7 Å². The molecule has 0 heterocycles. The third kappa shape index (κ3) is 6.23. The van der Waals surface area contributed by atoms with Crippen molar-refractivity contribution in [3.8, 4) is 17.6 Å². The average molecular weight is 418 g/mol. The van der Waals surface area contributed by atoms with E-state index in [1.165, 1.54) is 42.5 Å². The average Bonchev–Trinajstić information content (AvgIpc) is 2.67. The molecule has 0 bridgehead atoms. The highest BCUT2D eigenvalue weighted by molar-refractivity contribution is 6.32. The number of carbonyl (C=O) groups is 2. The van der Waals surface area contributed by atoms with Crippen LogP contribution in [0.25, 0.3) is 6.08 Å². The molecular formula is C20H17ClFN3O4. The van der Waals surface area contributed by atoms with Crippen LogP contribution in [-0.4, -0.2) is 25.0 Å². The minimum absolute atomic E-state index is 0.111. The van der Waals surface area contributed by atoms with E-state index >= 15 is 0 Å². The van der Waals surface area contributed by atoms with E-state index in [0.717, 1.165) is 0 Å². The third-order valence-electron chi connectivity index (χ3n) is 3.47. The molecule has 0 saturated heterocycles. The lowest BCUT2D eigenvalue weighted by Crippen LogP contribution is -2.20. The Labute approximate surface area is 171 Å². The third-order valence-corrected chi connectivity index (χ3v) is 3.75. The van der Waals surface area contributed by atoms with E-state index in [1.54, 1.807) is 13.0 Å². The number of ether oxygens (including phenoxy) is 2. The standard InChI is InChI=1S/C20H17ClFN3O4/c1-2-28-17-9-12(8-16(21)19(17)29-11-18(24)26)7-13(10-23)20(27)25-15-5-3-14(22)4-6-15/h3-9H,2,11H2,1H3,(H2,24,26)(H,25,27)/b13-7+. The number of anilines is 1. The number of benzene rings is 2. The number of rotatable bonds is 8. The van der Waals surface area contributed by atoms with Crippen molar-refractivity contribution in [2.24, 2.45) is 5.73 Å². The van der Waals surface area contributed by atoms with Crippen LogP contribution in [0.2, 0.25) is 5.02 Å². The highest BCUT2D eigenvalue weighted by atomic mass is 35.5. The second-order valence-electron chi connectivity index (χ2n) is 5.65. The molecule has 0 unspecified atom stereocenters. The molecule has 2 aromatic rings. The van der Waals surface area contributed by atoms with Crippen LogP contribution in [0.1, 0.15) is 12.5 Å². The molecule has 150 valence electrons. The van der Waals surface area contributed by atoms with Crippen molar-refractivity contribution >= 4 is 35.2 Å². The van der Waals surface area contributed by atoms with Gasteiger partial charge in [-0.15, -0.1) is 0 Å². The largest absolute Gasteiger partial charge is 0.490 e. The number of nitrogens with one attached hydrogen (secondary N) is 1. The van der Waals surface area contributed by atoms with Gasteiger partial charge in [0.1, 0.15) is 17.5 Å². The molecule has 0 saturated carbocycles. The Balaban J connectivity index is 2.31. The van der Waals surface area contributed by atoms with Crippen LogP contribution in [0.4, 0.5) is 10.1 Å². The van der Waals surface area contributed by atoms with E-state index in [1.807, 2.05) is 0 Å².